The Morgan fingerprint density at radius 2 is 1.85 bits per heavy atom. The number of ether oxygens (including phenoxy) is 1. The van der Waals surface area contributed by atoms with Crippen molar-refractivity contribution in [2.75, 3.05) is 26.3 Å². The first-order chi connectivity index (χ1) is 12.8. The van der Waals surface area contributed by atoms with Gasteiger partial charge in [0.2, 0.25) is 0 Å². The predicted octanol–water partition coefficient (Wildman–Crippen LogP) is 3.33. The SMILES string of the molecule is O=C(NC1CCCc2ccccc21)c1ccc(CN2CCOCC2)cc1. The lowest BCUT2D eigenvalue weighted by molar-refractivity contribution is 0.0342. The summed E-state index contributed by atoms with van der Waals surface area (Å²) in [5, 5.41) is 3.23. The van der Waals surface area contributed by atoms with Crippen molar-refractivity contribution in [3.8, 4) is 0 Å². The molecule has 0 spiro atoms. The Morgan fingerprint density at radius 1 is 1.08 bits per heavy atom. The second kappa shape index (κ2) is 8.02. The number of nitrogens with one attached hydrogen (secondary N) is 1. The minimum atomic E-state index is 0.0182. The smallest absolute Gasteiger partial charge is 0.251 e. The third-order valence-electron chi connectivity index (χ3n) is 5.40. The van der Waals surface area contributed by atoms with Gasteiger partial charge < -0.3 is 10.1 Å². The molecule has 1 fully saturated rings. The number of amides is 1. The van der Waals surface area contributed by atoms with Gasteiger partial charge in [0, 0.05) is 25.2 Å². The molecule has 0 bridgehead atoms. The van der Waals surface area contributed by atoms with Crippen molar-refractivity contribution in [3.05, 3.63) is 70.8 Å². The zero-order valence-electron chi connectivity index (χ0n) is 15.1. The molecule has 0 saturated carbocycles. The average molecular weight is 350 g/mol. The molecule has 4 rings (SSSR count). The molecule has 4 heteroatoms. The lowest BCUT2D eigenvalue weighted by atomic mass is 9.87. The molecule has 136 valence electrons. The van der Waals surface area contributed by atoms with E-state index in [-0.39, 0.29) is 11.9 Å². The molecule has 1 amide bonds. The largest absolute Gasteiger partial charge is 0.379 e. The van der Waals surface area contributed by atoms with E-state index in [0.29, 0.717) is 0 Å². The standard InChI is InChI=1S/C22H26N2O2/c25-22(23-21-7-3-5-18-4-1-2-6-20(18)21)19-10-8-17(9-11-19)16-24-12-14-26-15-13-24/h1-2,4,6,8-11,21H,3,5,7,12-16H2,(H,23,25). The number of carbonyl (C=O) groups excluding carboxylic acids is 1. The van der Waals surface area contributed by atoms with Crippen LogP contribution in [0.2, 0.25) is 0 Å². The first kappa shape index (κ1) is 17.3. The molecule has 1 aliphatic carbocycles. The molecule has 2 aromatic rings. The summed E-state index contributed by atoms with van der Waals surface area (Å²) >= 11 is 0. The quantitative estimate of drug-likeness (QED) is 0.920. The Kier molecular flexibility index (Phi) is 5.32. The normalized spacial score (nSPS) is 20.4. The van der Waals surface area contributed by atoms with Crippen LogP contribution in [0.4, 0.5) is 0 Å². The van der Waals surface area contributed by atoms with Crippen molar-refractivity contribution in [3.63, 3.8) is 0 Å². The first-order valence-corrected chi connectivity index (χ1v) is 9.57. The molecule has 1 atom stereocenters. The van der Waals surface area contributed by atoms with Crippen LogP contribution in [0.5, 0.6) is 0 Å². The molecule has 1 unspecified atom stereocenters. The van der Waals surface area contributed by atoms with Crippen molar-refractivity contribution in [2.24, 2.45) is 0 Å². The molecule has 4 nitrogen and oxygen atoms in total. The number of rotatable bonds is 4. The highest BCUT2D eigenvalue weighted by Gasteiger charge is 2.21. The Hall–Kier alpha value is -2.17. The van der Waals surface area contributed by atoms with Crippen LogP contribution >= 0.6 is 0 Å². The van der Waals surface area contributed by atoms with Gasteiger partial charge in [0.15, 0.2) is 0 Å². The fourth-order valence-electron chi connectivity index (χ4n) is 3.92. The number of carbonyl (C=O) groups is 1. The lowest BCUT2D eigenvalue weighted by Gasteiger charge is -2.27. The maximum absolute atomic E-state index is 12.7. The van der Waals surface area contributed by atoms with E-state index in [1.54, 1.807) is 0 Å². The van der Waals surface area contributed by atoms with E-state index in [2.05, 4.69) is 46.6 Å². The van der Waals surface area contributed by atoms with Crippen molar-refractivity contribution in [1.29, 1.82) is 0 Å². The number of morpholine rings is 1. The van der Waals surface area contributed by atoms with Crippen molar-refractivity contribution in [2.45, 2.75) is 31.8 Å². The zero-order valence-corrected chi connectivity index (χ0v) is 15.1. The predicted molar refractivity (Wildman–Crippen MR) is 102 cm³/mol. The van der Waals surface area contributed by atoms with E-state index in [1.807, 2.05) is 12.1 Å². The third kappa shape index (κ3) is 3.97. The van der Waals surface area contributed by atoms with Gasteiger partial charge in [0.05, 0.1) is 19.3 Å². The van der Waals surface area contributed by atoms with Crippen LogP contribution in [0.1, 0.15) is 45.9 Å². The monoisotopic (exact) mass is 350 g/mol. The number of benzene rings is 2. The second-order valence-electron chi connectivity index (χ2n) is 7.20. The fourth-order valence-corrected chi connectivity index (χ4v) is 3.92. The van der Waals surface area contributed by atoms with Gasteiger partial charge in [-0.3, -0.25) is 9.69 Å². The Labute approximate surface area is 155 Å². The van der Waals surface area contributed by atoms with Crippen LogP contribution in [-0.2, 0) is 17.7 Å². The summed E-state index contributed by atoms with van der Waals surface area (Å²) in [6.07, 6.45) is 3.25. The summed E-state index contributed by atoms with van der Waals surface area (Å²) in [6.45, 7) is 4.49. The van der Waals surface area contributed by atoms with Gasteiger partial charge in [-0.1, -0.05) is 36.4 Å². The molecule has 2 aromatic carbocycles. The Morgan fingerprint density at radius 3 is 2.65 bits per heavy atom. The molecule has 0 aromatic heterocycles. The zero-order chi connectivity index (χ0) is 17.8. The highest BCUT2D eigenvalue weighted by molar-refractivity contribution is 5.94. The van der Waals surface area contributed by atoms with Gasteiger partial charge in [0.1, 0.15) is 0 Å². The van der Waals surface area contributed by atoms with Gasteiger partial charge >= 0.3 is 0 Å². The van der Waals surface area contributed by atoms with Crippen molar-refractivity contribution in [1.82, 2.24) is 10.2 Å². The molecular formula is C22H26N2O2. The average Bonchev–Trinajstić information content (AvgIpc) is 2.70. The molecular weight excluding hydrogens is 324 g/mol. The minimum absolute atomic E-state index is 0.0182. The molecule has 26 heavy (non-hydrogen) atoms. The van der Waals surface area contributed by atoms with Crippen LogP contribution in [0.3, 0.4) is 0 Å². The molecule has 1 heterocycles. The summed E-state index contributed by atoms with van der Waals surface area (Å²) in [5.41, 5.74) is 4.62. The van der Waals surface area contributed by atoms with Gasteiger partial charge in [-0.2, -0.15) is 0 Å². The first-order valence-electron chi connectivity index (χ1n) is 9.57. The van der Waals surface area contributed by atoms with Crippen LogP contribution in [0, 0.1) is 0 Å². The maximum Gasteiger partial charge on any atom is 0.251 e. The summed E-state index contributed by atoms with van der Waals surface area (Å²) in [7, 11) is 0. The topological polar surface area (TPSA) is 41.6 Å². The van der Waals surface area contributed by atoms with Gasteiger partial charge in [-0.15, -0.1) is 0 Å². The van der Waals surface area contributed by atoms with E-state index in [9.17, 15) is 4.79 Å². The van der Waals surface area contributed by atoms with E-state index >= 15 is 0 Å². The van der Waals surface area contributed by atoms with Gasteiger partial charge in [0.25, 0.3) is 5.91 Å². The fraction of sp³-hybridized carbons (Fsp3) is 0.409. The molecule has 1 saturated heterocycles. The summed E-state index contributed by atoms with van der Waals surface area (Å²) in [5.74, 6) is 0.0182. The van der Waals surface area contributed by atoms with Gasteiger partial charge in [-0.25, -0.2) is 0 Å². The van der Waals surface area contributed by atoms with E-state index < -0.39 is 0 Å². The highest BCUT2D eigenvalue weighted by atomic mass is 16.5. The Bertz CT molecular complexity index is 751. The molecule has 1 aliphatic heterocycles. The molecule has 2 aliphatic rings. The van der Waals surface area contributed by atoms with E-state index in [1.165, 1.54) is 16.7 Å². The van der Waals surface area contributed by atoms with Crippen LogP contribution in [-0.4, -0.2) is 37.1 Å². The molecule has 0 radical (unpaired) electrons. The number of nitrogens with zero attached hydrogens (tertiary/aromatic N) is 1. The second-order valence-corrected chi connectivity index (χ2v) is 7.20. The lowest BCUT2D eigenvalue weighted by Crippen LogP contribution is -2.35. The number of hydrogen-bond donors (Lipinski definition) is 1. The number of hydrogen-bond acceptors (Lipinski definition) is 3. The van der Waals surface area contributed by atoms with E-state index in [4.69, 9.17) is 4.74 Å². The third-order valence-corrected chi connectivity index (χ3v) is 5.40. The minimum Gasteiger partial charge on any atom is -0.379 e. The summed E-state index contributed by atoms with van der Waals surface area (Å²) in [6, 6.07) is 16.6. The van der Waals surface area contributed by atoms with Crippen LogP contribution < -0.4 is 5.32 Å². The maximum atomic E-state index is 12.7. The van der Waals surface area contributed by atoms with Crippen LogP contribution in [0.25, 0.3) is 0 Å². The van der Waals surface area contributed by atoms with Crippen molar-refractivity contribution < 1.29 is 9.53 Å². The Balaban J connectivity index is 1.39. The van der Waals surface area contributed by atoms with Gasteiger partial charge in [-0.05, 0) is 48.1 Å². The highest BCUT2D eigenvalue weighted by Crippen LogP contribution is 2.29. The van der Waals surface area contributed by atoms with Crippen LogP contribution in [0.15, 0.2) is 48.5 Å². The number of fused-ring (bicyclic) bond motifs is 1. The van der Waals surface area contributed by atoms with Crippen molar-refractivity contribution >= 4 is 5.91 Å². The number of aryl methyl sites for hydroxylation is 1. The molecule has 1 N–H and O–H groups in total. The summed E-state index contributed by atoms with van der Waals surface area (Å²) in [4.78, 5) is 15.1. The van der Waals surface area contributed by atoms with E-state index in [0.717, 1.165) is 57.7 Å². The summed E-state index contributed by atoms with van der Waals surface area (Å²) < 4.78 is 5.39.